The first-order valence-electron chi connectivity index (χ1n) is 17.8. The molecular formula is C36H58N4O6. The minimum Gasteiger partial charge on any atom is -0.490 e. The van der Waals surface area contributed by atoms with Crippen molar-refractivity contribution in [1.82, 2.24) is 15.1 Å². The number of urea groups is 1. The average Bonchev–Trinajstić information content (AvgIpc) is 3.06. The van der Waals surface area contributed by atoms with Crippen molar-refractivity contribution in [2.24, 2.45) is 11.8 Å². The van der Waals surface area contributed by atoms with Gasteiger partial charge in [0.25, 0.3) is 5.91 Å². The molecule has 1 heterocycles. The number of likely N-dealkylation sites (N-methyl/N-ethyl adjacent to an activating group) is 1. The Morgan fingerprint density at radius 2 is 1.67 bits per heavy atom. The molecule has 3 N–H and O–H groups in total. The summed E-state index contributed by atoms with van der Waals surface area (Å²) >= 11 is 0. The molecule has 46 heavy (non-hydrogen) atoms. The summed E-state index contributed by atoms with van der Waals surface area (Å²) in [5, 5.41) is 16.5. The third-order valence-electron chi connectivity index (χ3n) is 10.0. The molecule has 10 nitrogen and oxygen atoms in total. The number of aliphatic hydroxyl groups is 1. The van der Waals surface area contributed by atoms with Crippen molar-refractivity contribution in [3.63, 3.8) is 0 Å². The fourth-order valence-electron chi connectivity index (χ4n) is 6.96. The van der Waals surface area contributed by atoms with E-state index in [2.05, 4.69) is 10.6 Å². The van der Waals surface area contributed by atoms with Crippen LogP contribution in [0.25, 0.3) is 0 Å². The molecule has 3 aliphatic rings. The lowest BCUT2D eigenvalue weighted by molar-refractivity contribution is -0.120. The van der Waals surface area contributed by atoms with Crippen LogP contribution in [0.15, 0.2) is 18.2 Å². The Balaban J connectivity index is 1.56. The van der Waals surface area contributed by atoms with Gasteiger partial charge in [-0.25, -0.2) is 4.79 Å². The van der Waals surface area contributed by atoms with E-state index >= 15 is 0 Å². The molecule has 4 rings (SSSR count). The molecule has 0 bridgehead atoms. The minimum atomic E-state index is -0.471. The highest BCUT2D eigenvalue weighted by Crippen LogP contribution is 2.30. The second kappa shape index (κ2) is 17.9. The first-order valence-corrected chi connectivity index (χ1v) is 17.8. The summed E-state index contributed by atoms with van der Waals surface area (Å²) < 4.78 is 12.7. The van der Waals surface area contributed by atoms with Crippen LogP contribution in [0.3, 0.4) is 0 Å². The lowest BCUT2D eigenvalue weighted by Crippen LogP contribution is -2.50. The third kappa shape index (κ3) is 10.3. The van der Waals surface area contributed by atoms with Gasteiger partial charge >= 0.3 is 6.03 Å². The van der Waals surface area contributed by atoms with Crippen molar-refractivity contribution in [2.75, 3.05) is 38.7 Å². The van der Waals surface area contributed by atoms with Crippen LogP contribution in [-0.4, -0.2) is 90.4 Å². The smallest absolute Gasteiger partial charge is 0.317 e. The predicted octanol–water partition coefficient (Wildman–Crippen LogP) is 5.98. The van der Waals surface area contributed by atoms with Crippen molar-refractivity contribution in [3.05, 3.63) is 23.8 Å². The van der Waals surface area contributed by atoms with E-state index in [0.29, 0.717) is 36.7 Å². The topological polar surface area (TPSA) is 120 Å². The van der Waals surface area contributed by atoms with E-state index in [1.54, 1.807) is 29.0 Å². The average molecular weight is 643 g/mol. The molecule has 0 spiro atoms. The van der Waals surface area contributed by atoms with Gasteiger partial charge in [0.1, 0.15) is 5.75 Å². The van der Waals surface area contributed by atoms with E-state index in [-0.39, 0.29) is 54.5 Å². The number of nitrogens with zero attached hydrogens (tertiary/aromatic N) is 2. The SMILES string of the molecule is C[C@@H]1CN([C@H](C)CO)C(=O)c2cc(NC(=O)C3CCCCC3)ccc2O[C@@H](C)CCCCO[C@H]1CN(C)C(=O)NC1CCCCC1. The van der Waals surface area contributed by atoms with Crippen LogP contribution in [-0.2, 0) is 9.53 Å². The van der Waals surface area contributed by atoms with Crippen molar-refractivity contribution in [1.29, 1.82) is 0 Å². The number of hydrogen-bond acceptors (Lipinski definition) is 6. The fourth-order valence-corrected chi connectivity index (χ4v) is 6.96. The van der Waals surface area contributed by atoms with Gasteiger partial charge in [0, 0.05) is 50.3 Å². The standard InChI is InChI=1S/C36H58N4O6/c1-25-22-40(26(2)24-41)35(43)31-21-30(37-34(42)28-14-7-5-8-15-28)18-19-32(31)46-27(3)13-11-12-20-45-33(25)23-39(4)36(44)38-29-16-9-6-10-17-29/h18-19,21,25-29,33,41H,5-17,20,22-24H2,1-4H3,(H,37,42)(H,38,44)/t25-,26-,27+,33+/m1/s1. The molecule has 1 aromatic rings. The highest BCUT2D eigenvalue weighted by atomic mass is 16.5. The monoisotopic (exact) mass is 642 g/mol. The normalized spacial score (nSPS) is 25.0. The number of fused-ring (bicyclic) bond motifs is 1. The Morgan fingerprint density at radius 1 is 1.00 bits per heavy atom. The van der Waals surface area contributed by atoms with Gasteiger partial charge in [-0.05, 0) is 77.0 Å². The highest BCUT2D eigenvalue weighted by Gasteiger charge is 2.31. The molecule has 0 radical (unpaired) electrons. The number of amides is 4. The maximum atomic E-state index is 14.4. The number of benzene rings is 1. The van der Waals surface area contributed by atoms with E-state index < -0.39 is 6.04 Å². The molecule has 258 valence electrons. The van der Waals surface area contributed by atoms with Gasteiger partial charge in [-0.3, -0.25) is 9.59 Å². The Kier molecular flexibility index (Phi) is 14.0. The summed E-state index contributed by atoms with van der Waals surface area (Å²) in [6, 6.07) is 4.96. The van der Waals surface area contributed by atoms with E-state index in [9.17, 15) is 19.5 Å². The molecule has 2 aliphatic carbocycles. The summed E-state index contributed by atoms with van der Waals surface area (Å²) in [4.78, 5) is 43.9. The molecule has 0 saturated heterocycles. The van der Waals surface area contributed by atoms with Crippen molar-refractivity contribution < 1.29 is 29.0 Å². The van der Waals surface area contributed by atoms with Gasteiger partial charge in [-0.1, -0.05) is 45.4 Å². The third-order valence-corrected chi connectivity index (χ3v) is 10.0. The number of anilines is 1. The van der Waals surface area contributed by atoms with Gasteiger partial charge in [0.05, 0.1) is 30.4 Å². The van der Waals surface area contributed by atoms with E-state index in [1.165, 1.54) is 12.8 Å². The van der Waals surface area contributed by atoms with Crippen molar-refractivity contribution in [2.45, 2.75) is 129 Å². The fraction of sp³-hybridized carbons (Fsp3) is 0.750. The van der Waals surface area contributed by atoms with Crippen LogP contribution in [0.1, 0.15) is 115 Å². The van der Waals surface area contributed by atoms with Gasteiger partial charge < -0.3 is 35.0 Å². The lowest BCUT2D eigenvalue weighted by Gasteiger charge is -2.36. The second-order valence-corrected chi connectivity index (χ2v) is 14.0. The molecule has 0 aromatic heterocycles. The van der Waals surface area contributed by atoms with E-state index in [0.717, 1.165) is 70.6 Å². The van der Waals surface area contributed by atoms with Crippen molar-refractivity contribution >= 4 is 23.5 Å². The molecule has 1 aromatic carbocycles. The quantitative estimate of drug-likeness (QED) is 0.337. The molecular weight excluding hydrogens is 584 g/mol. The molecule has 1 aliphatic heterocycles. The highest BCUT2D eigenvalue weighted by molar-refractivity contribution is 6.00. The molecule has 4 amide bonds. The lowest BCUT2D eigenvalue weighted by atomic mass is 9.88. The zero-order valence-electron chi connectivity index (χ0n) is 28.6. The summed E-state index contributed by atoms with van der Waals surface area (Å²) in [6.45, 7) is 6.90. The Labute approximate surface area is 275 Å². The van der Waals surface area contributed by atoms with Crippen LogP contribution < -0.4 is 15.4 Å². The number of carbonyl (C=O) groups excluding carboxylic acids is 3. The Hall–Kier alpha value is -2.85. The summed E-state index contributed by atoms with van der Waals surface area (Å²) in [5.74, 6) is 0.0425. The van der Waals surface area contributed by atoms with Crippen LogP contribution >= 0.6 is 0 Å². The van der Waals surface area contributed by atoms with Gasteiger partial charge in [0.2, 0.25) is 5.91 Å². The van der Waals surface area contributed by atoms with E-state index in [4.69, 9.17) is 9.47 Å². The zero-order valence-corrected chi connectivity index (χ0v) is 28.6. The van der Waals surface area contributed by atoms with Gasteiger partial charge in [0.15, 0.2) is 0 Å². The largest absolute Gasteiger partial charge is 0.490 e. The number of aliphatic hydroxyl groups excluding tert-OH is 1. The molecule has 2 fully saturated rings. The van der Waals surface area contributed by atoms with E-state index in [1.807, 2.05) is 26.8 Å². The number of hydrogen-bond donors (Lipinski definition) is 3. The maximum Gasteiger partial charge on any atom is 0.317 e. The summed E-state index contributed by atoms with van der Waals surface area (Å²) in [5.41, 5.74) is 0.927. The molecule has 10 heteroatoms. The molecule has 2 saturated carbocycles. The first kappa shape index (κ1) is 36.0. The number of nitrogens with one attached hydrogen (secondary N) is 2. The molecule has 4 atom stereocenters. The number of ether oxygens (including phenoxy) is 2. The van der Waals surface area contributed by atoms with Crippen LogP contribution in [0, 0.1) is 11.8 Å². The predicted molar refractivity (Wildman–Crippen MR) is 180 cm³/mol. The zero-order chi connectivity index (χ0) is 33.1. The first-order chi connectivity index (χ1) is 22.2. The van der Waals surface area contributed by atoms with Crippen molar-refractivity contribution in [3.8, 4) is 5.75 Å². The summed E-state index contributed by atoms with van der Waals surface area (Å²) in [7, 11) is 1.80. The summed E-state index contributed by atoms with van der Waals surface area (Å²) in [6.07, 6.45) is 12.7. The van der Waals surface area contributed by atoms with Crippen LogP contribution in [0.4, 0.5) is 10.5 Å². The Morgan fingerprint density at radius 3 is 2.37 bits per heavy atom. The van der Waals surface area contributed by atoms with Gasteiger partial charge in [-0.2, -0.15) is 0 Å². The number of rotatable bonds is 7. The molecule has 0 unspecified atom stereocenters. The second-order valence-electron chi connectivity index (χ2n) is 14.0. The maximum absolute atomic E-state index is 14.4. The van der Waals surface area contributed by atoms with Gasteiger partial charge in [-0.15, -0.1) is 0 Å². The Bertz CT molecular complexity index is 1140. The number of carbonyl (C=O) groups is 3. The van der Waals surface area contributed by atoms with Crippen LogP contribution in [0.5, 0.6) is 5.75 Å². The minimum absolute atomic E-state index is 0.00637. The van der Waals surface area contributed by atoms with Crippen LogP contribution in [0.2, 0.25) is 0 Å².